The minimum Gasteiger partial charge on any atom is -0.409 e. The van der Waals surface area contributed by atoms with Gasteiger partial charge in [0.2, 0.25) is 5.91 Å². The van der Waals surface area contributed by atoms with E-state index in [9.17, 15) is 4.79 Å². The normalized spacial score (nSPS) is 11.1. The molecule has 0 aliphatic heterocycles. The van der Waals surface area contributed by atoms with Gasteiger partial charge in [0.1, 0.15) is 5.84 Å². The lowest BCUT2D eigenvalue weighted by atomic mass is 10.2. The van der Waals surface area contributed by atoms with E-state index in [4.69, 9.17) is 16.7 Å². The zero-order valence-corrected chi connectivity index (χ0v) is 8.61. The molecule has 0 radical (unpaired) electrons. The summed E-state index contributed by atoms with van der Waals surface area (Å²) in [7, 11) is 0. The van der Waals surface area contributed by atoms with Crippen LogP contribution in [0.2, 0.25) is 0 Å². The predicted molar refractivity (Wildman–Crippen MR) is 52.3 cm³/mol. The number of amides is 1. The van der Waals surface area contributed by atoms with Gasteiger partial charge >= 0.3 is 0 Å². The third-order valence-corrected chi connectivity index (χ3v) is 1.28. The molecule has 0 atom stereocenters. The standard InChI is InChI=1S/C4H10N2O.C4H9NO/c1-3(2)4(5)6-7;1-3(2)4(5)6/h3,7H,1-2H3,(H2,5,6);3H,1-2H3,(H2,5,6). The second-order valence-corrected chi connectivity index (χ2v) is 3.24. The number of hydrogen-bond acceptors (Lipinski definition) is 3. The fraction of sp³-hybridized carbons (Fsp3) is 0.750. The molecule has 0 unspecified atom stereocenters. The molecule has 0 rings (SSSR count). The van der Waals surface area contributed by atoms with Gasteiger partial charge < -0.3 is 16.7 Å². The van der Waals surface area contributed by atoms with Crippen LogP contribution >= 0.6 is 0 Å². The van der Waals surface area contributed by atoms with Gasteiger partial charge in [0.05, 0.1) is 0 Å². The van der Waals surface area contributed by atoms with E-state index in [1.54, 1.807) is 13.8 Å². The van der Waals surface area contributed by atoms with Crippen molar-refractivity contribution in [1.82, 2.24) is 0 Å². The summed E-state index contributed by atoms with van der Waals surface area (Å²) in [4.78, 5) is 9.92. The Labute approximate surface area is 78.8 Å². The SMILES string of the molecule is CC(C)C(N)=NO.CC(C)C(N)=O. The summed E-state index contributed by atoms with van der Waals surface area (Å²) in [5.74, 6) is 0.171. The first-order chi connectivity index (χ1) is 5.82. The van der Waals surface area contributed by atoms with Crippen LogP contribution in [0.15, 0.2) is 5.16 Å². The van der Waals surface area contributed by atoms with Crippen LogP contribution in [0.4, 0.5) is 0 Å². The Morgan fingerprint density at radius 1 is 1.15 bits per heavy atom. The minimum absolute atomic E-state index is 0.00926. The van der Waals surface area contributed by atoms with E-state index in [0.29, 0.717) is 0 Å². The second kappa shape index (κ2) is 7.39. The molecular weight excluding hydrogens is 170 g/mol. The summed E-state index contributed by atoms with van der Waals surface area (Å²) in [6.07, 6.45) is 0. The molecule has 0 bridgehead atoms. The zero-order chi connectivity index (χ0) is 11.0. The van der Waals surface area contributed by atoms with E-state index >= 15 is 0 Å². The highest BCUT2D eigenvalue weighted by Crippen LogP contribution is 1.88. The van der Waals surface area contributed by atoms with Gasteiger partial charge in [-0.15, -0.1) is 0 Å². The summed E-state index contributed by atoms with van der Waals surface area (Å²) in [6.45, 7) is 7.24. The zero-order valence-electron chi connectivity index (χ0n) is 8.61. The largest absolute Gasteiger partial charge is 0.409 e. The number of rotatable bonds is 2. The number of primary amides is 1. The number of amidine groups is 1. The Morgan fingerprint density at radius 3 is 1.46 bits per heavy atom. The first-order valence-corrected chi connectivity index (χ1v) is 4.09. The Hall–Kier alpha value is -1.26. The maximum absolute atomic E-state index is 9.92. The maximum atomic E-state index is 9.92. The number of carbonyl (C=O) groups excluding carboxylic acids is 1. The quantitative estimate of drug-likeness (QED) is 0.255. The monoisotopic (exact) mass is 189 g/mol. The highest BCUT2D eigenvalue weighted by atomic mass is 16.4. The fourth-order valence-electron chi connectivity index (χ4n) is 0.115. The molecule has 0 fully saturated rings. The van der Waals surface area contributed by atoms with Crippen LogP contribution in [0, 0.1) is 11.8 Å². The van der Waals surface area contributed by atoms with Crippen molar-refractivity contribution in [1.29, 1.82) is 0 Å². The first kappa shape index (κ1) is 14.3. The van der Waals surface area contributed by atoms with Crippen LogP contribution < -0.4 is 11.5 Å². The van der Waals surface area contributed by atoms with Crippen molar-refractivity contribution in [3.63, 3.8) is 0 Å². The Morgan fingerprint density at radius 2 is 1.46 bits per heavy atom. The summed E-state index contributed by atoms with van der Waals surface area (Å²) in [5, 5.41) is 10.8. The Bertz CT molecular complexity index is 176. The molecule has 0 aromatic rings. The number of oxime groups is 1. The average Bonchev–Trinajstić information content (AvgIpc) is 2.03. The van der Waals surface area contributed by atoms with Crippen LogP contribution in [0.3, 0.4) is 0 Å². The Balaban J connectivity index is 0. The summed E-state index contributed by atoms with van der Waals surface area (Å²) < 4.78 is 0. The van der Waals surface area contributed by atoms with Gasteiger partial charge in [-0.05, 0) is 0 Å². The highest BCUT2D eigenvalue weighted by Gasteiger charge is 1.96. The number of nitrogens with two attached hydrogens (primary N) is 2. The van der Waals surface area contributed by atoms with E-state index in [-0.39, 0.29) is 23.6 Å². The lowest BCUT2D eigenvalue weighted by Crippen LogP contribution is -2.18. The number of carbonyl (C=O) groups is 1. The van der Waals surface area contributed by atoms with Gasteiger partial charge in [0, 0.05) is 11.8 Å². The third kappa shape index (κ3) is 10.7. The van der Waals surface area contributed by atoms with Crippen molar-refractivity contribution >= 4 is 11.7 Å². The fourth-order valence-corrected chi connectivity index (χ4v) is 0.115. The highest BCUT2D eigenvalue weighted by molar-refractivity contribution is 5.81. The molecule has 1 amide bonds. The van der Waals surface area contributed by atoms with E-state index in [0.717, 1.165) is 0 Å². The van der Waals surface area contributed by atoms with Gasteiger partial charge in [-0.1, -0.05) is 32.9 Å². The average molecular weight is 189 g/mol. The molecule has 5 N–H and O–H groups in total. The lowest BCUT2D eigenvalue weighted by Gasteiger charge is -1.96. The molecule has 0 spiro atoms. The maximum Gasteiger partial charge on any atom is 0.219 e. The smallest absolute Gasteiger partial charge is 0.219 e. The topological polar surface area (TPSA) is 102 Å². The predicted octanol–water partition coefficient (Wildman–Crippen LogP) is 0.516. The van der Waals surface area contributed by atoms with E-state index < -0.39 is 0 Å². The van der Waals surface area contributed by atoms with Crippen LogP contribution in [0.5, 0.6) is 0 Å². The molecule has 5 heteroatoms. The van der Waals surface area contributed by atoms with Gasteiger partial charge in [0.25, 0.3) is 0 Å². The van der Waals surface area contributed by atoms with Gasteiger partial charge in [0.15, 0.2) is 0 Å². The molecule has 78 valence electrons. The molecule has 0 saturated heterocycles. The Kier molecular flexibility index (Phi) is 8.12. The molecule has 0 aromatic heterocycles. The molecule has 13 heavy (non-hydrogen) atoms. The van der Waals surface area contributed by atoms with Crippen molar-refractivity contribution < 1.29 is 10.0 Å². The first-order valence-electron chi connectivity index (χ1n) is 4.09. The molecule has 0 aliphatic carbocycles. The van der Waals surface area contributed by atoms with Gasteiger partial charge in [-0.25, -0.2) is 0 Å². The van der Waals surface area contributed by atoms with Crippen molar-refractivity contribution in [2.24, 2.45) is 28.5 Å². The van der Waals surface area contributed by atoms with E-state index in [1.807, 2.05) is 13.8 Å². The molecule has 0 heterocycles. The number of hydrogen-bond donors (Lipinski definition) is 3. The number of nitrogens with zero attached hydrogens (tertiary/aromatic N) is 1. The van der Waals surface area contributed by atoms with Crippen LogP contribution in [-0.4, -0.2) is 17.0 Å². The van der Waals surface area contributed by atoms with Crippen LogP contribution in [0.1, 0.15) is 27.7 Å². The van der Waals surface area contributed by atoms with Crippen LogP contribution in [0.25, 0.3) is 0 Å². The summed E-state index contributed by atoms with van der Waals surface area (Å²) in [6, 6.07) is 0. The minimum atomic E-state index is -0.241. The van der Waals surface area contributed by atoms with Crippen molar-refractivity contribution in [3.8, 4) is 0 Å². The van der Waals surface area contributed by atoms with E-state index in [1.165, 1.54) is 0 Å². The van der Waals surface area contributed by atoms with Crippen molar-refractivity contribution in [2.45, 2.75) is 27.7 Å². The second-order valence-electron chi connectivity index (χ2n) is 3.24. The molecule has 5 nitrogen and oxygen atoms in total. The molecular formula is C8H19N3O2. The summed E-state index contributed by atoms with van der Waals surface area (Å²) >= 11 is 0. The van der Waals surface area contributed by atoms with Gasteiger partial charge in [-0.2, -0.15) is 0 Å². The van der Waals surface area contributed by atoms with Crippen molar-refractivity contribution in [2.75, 3.05) is 0 Å². The van der Waals surface area contributed by atoms with Crippen molar-refractivity contribution in [3.05, 3.63) is 0 Å². The third-order valence-electron chi connectivity index (χ3n) is 1.28. The summed E-state index contributed by atoms with van der Waals surface area (Å²) in [5.41, 5.74) is 9.91. The molecule has 0 saturated carbocycles. The molecule has 0 aliphatic rings. The van der Waals surface area contributed by atoms with E-state index in [2.05, 4.69) is 5.16 Å². The van der Waals surface area contributed by atoms with Crippen LogP contribution in [-0.2, 0) is 4.79 Å². The lowest BCUT2D eigenvalue weighted by molar-refractivity contribution is -0.120. The molecule has 0 aromatic carbocycles. The van der Waals surface area contributed by atoms with Gasteiger partial charge in [-0.3, -0.25) is 4.79 Å².